The Morgan fingerprint density at radius 3 is 2.67 bits per heavy atom. The lowest BCUT2D eigenvalue weighted by Crippen LogP contribution is -2.11. The summed E-state index contributed by atoms with van der Waals surface area (Å²) in [5, 5.41) is 3.02. The number of likely N-dealkylation sites (N-methyl/N-ethyl adjacent to an activating group) is 1. The summed E-state index contributed by atoms with van der Waals surface area (Å²) >= 11 is 1.24. The largest absolute Gasteiger partial charge is 0.319 e. The van der Waals surface area contributed by atoms with Crippen molar-refractivity contribution in [3.8, 4) is 0 Å². The Hall–Kier alpha value is -1.44. The van der Waals surface area contributed by atoms with Gasteiger partial charge in [-0.2, -0.15) is 0 Å². The zero-order chi connectivity index (χ0) is 15.5. The minimum atomic E-state index is -3.62. The van der Waals surface area contributed by atoms with Crippen molar-refractivity contribution in [2.45, 2.75) is 17.6 Å². The summed E-state index contributed by atoms with van der Waals surface area (Å²) in [5.74, 6) is -0.358. The molecule has 7 heteroatoms. The Bertz CT molecular complexity index is 726. The van der Waals surface area contributed by atoms with Crippen LogP contribution >= 0.6 is 11.3 Å². The first-order valence-corrected chi connectivity index (χ1v) is 8.74. The highest BCUT2D eigenvalue weighted by atomic mass is 32.2. The van der Waals surface area contributed by atoms with Crippen molar-refractivity contribution in [1.29, 1.82) is 0 Å². The van der Waals surface area contributed by atoms with Crippen LogP contribution in [-0.2, 0) is 16.4 Å². The van der Waals surface area contributed by atoms with Crippen molar-refractivity contribution in [1.82, 2.24) is 5.32 Å². The van der Waals surface area contributed by atoms with Gasteiger partial charge in [-0.05, 0) is 62.8 Å². The lowest BCUT2D eigenvalue weighted by molar-refractivity contribution is 0.602. The molecule has 1 aromatic carbocycles. The van der Waals surface area contributed by atoms with Gasteiger partial charge >= 0.3 is 0 Å². The monoisotopic (exact) mass is 328 g/mol. The van der Waals surface area contributed by atoms with Crippen LogP contribution in [0.25, 0.3) is 0 Å². The third-order valence-corrected chi connectivity index (χ3v) is 5.95. The van der Waals surface area contributed by atoms with E-state index in [1.165, 1.54) is 29.5 Å². The minimum Gasteiger partial charge on any atom is -0.319 e. The van der Waals surface area contributed by atoms with Crippen molar-refractivity contribution in [2.75, 3.05) is 18.3 Å². The lowest BCUT2D eigenvalue weighted by atomic mass is 10.2. The lowest BCUT2D eigenvalue weighted by Gasteiger charge is -2.07. The number of aryl methyl sites for hydroxylation is 1. The second kappa shape index (κ2) is 6.55. The van der Waals surface area contributed by atoms with Crippen LogP contribution < -0.4 is 10.0 Å². The fraction of sp³-hybridized carbons (Fsp3) is 0.286. The molecule has 0 aliphatic heterocycles. The molecule has 114 valence electrons. The van der Waals surface area contributed by atoms with Gasteiger partial charge in [0.1, 0.15) is 10.0 Å². The summed E-state index contributed by atoms with van der Waals surface area (Å²) in [7, 11) is -1.77. The first-order valence-electron chi connectivity index (χ1n) is 6.44. The van der Waals surface area contributed by atoms with Crippen molar-refractivity contribution in [2.24, 2.45) is 0 Å². The van der Waals surface area contributed by atoms with Gasteiger partial charge in [-0.3, -0.25) is 4.72 Å². The van der Waals surface area contributed by atoms with E-state index >= 15 is 0 Å². The zero-order valence-electron chi connectivity index (χ0n) is 11.8. The van der Waals surface area contributed by atoms with Crippen molar-refractivity contribution < 1.29 is 12.8 Å². The zero-order valence-corrected chi connectivity index (χ0v) is 13.4. The van der Waals surface area contributed by atoms with Gasteiger partial charge in [-0.15, -0.1) is 11.3 Å². The Morgan fingerprint density at radius 1 is 1.24 bits per heavy atom. The molecule has 0 saturated heterocycles. The molecular weight excluding hydrogens is 311 g/mol. The van der Waals surface area contributed by atoms with Gasteiger partial charge in [0.25, 0.3) is 10.0 Å². The molecule has 0 unspecified atom stereocenters. The number of anilines is 1. The van der Waals surface area contributed by atoms with Crippen molar-refractivity contribution >= 4 is 27.0 Å². The fourth-order valence-electron chi connectivity index (χ4n) is 1.80. The average Bonchev–Trinajstić information content (AvgIpc) is 2.90. The van der Waals surface area contributed by atoms with Crippen LogP contribution in [0.15, 0.2) is 34.5 Å². The Kier molecular flexibility index (Phi) is 4.97. The molecule has 2 rings (SSSR count). The van der Waals surface area contributed by atoms with Crippen molar-refractivity contribution in [3.63, 3.8) is 0 Å². The van der Waals surface area contributed by atoms with E-state index in [9.17, 15) is 12.8 Å². The number of benzene rings is 1. The molecule has 0 spiro atoms. The molecule has 0 saturated carbocycles. The molecule has 1 aromatic heterocycles. The highest BCUT2D eigenvalue weighted by Gasteiger charge is 2.17. The predicted octanol–water partition coefficient (Wildman–Crippen LogP) is 2.76. The van der Waals surface area contributed by atoms with Crippen LogP contribution in [-0.4, -0.2) is 22.0 Å². The van der Waals surface area contributed by atoms with Gasteiger partial charge in [0.2, 0.25) is 0 Å². The number of hydrogen-bond acceptors (Lipinski definition) is 4. The second-order valence-electron chi connectivity index (χ2n) is 4.64. The Labute approximate surface area is 128 Å². The summed E-state index contributed by atoms with van der Waals surface area (Å²) < 4.78 is 40.5. The van der Waals surface area contributed by atoms with Gasteiger partial charge < -0.3 is 5.32 Å². The van der Waals surface area contributed by atoms with Crippen LogP contribution in [0.5, 0.6) is 0 Å². The fourth-order valence-corrected chi connectivity index (χ4v) is 4.20. The summed E-state index contributed by atoms with van der Waals surface area (Å²) in [6.07, 6.45) is 0.784. The number of sulfonamides is 1. The standard InChI is InChI=1S/C14H17FN2O2S2/c1-10-9-11(3-5-13(10)15)17-21(18,19)14-6-4-12(20-14)7-8-16-2/h3-6,9,16-17H,7-8H2,1-2H3. The maximum absolute atomic E-state index is 13.2. The minimum absolute atomic E-state index is 0.260. The van der Waals surface area contributed by atoms with E-state index in [-0.39, 0.29) is 10.0 Å². The van der Waals surface area contributed by atoms with Crippen LogP contribution in [0.2, 0.25) is 0 Å². The number of halogens is 1. The third-order valence-electron chi connectivity index (χ3n) is 2.93. The number of thiophene rings is 1. The molecule has 0 fully saturated rings. The van der Waals surface area contributed by atoms with Crippen molar-refractivity contribution in [3.05, 3.63) is 46.6 Å². The van der Waals surface area contributed by atoms with E-state index in [4.69, 9.17) is 0 Å². The van der Waals surface area contributed by atoms with E-state index in [0.717, 1.165) is 17.8 Å². The van der Waals surface area contributed by atoms with E-state index in [1.54, 1.807) is 13.0 Å². The van der Waals surface area contributed by atoms with Gasteiger partial charge in [0, 0.05) is 10.6 Å². The quantitative estimate of drug-likeness (QED) is 0.857. The molecule has 0 amide bonds. The van der Waals surface area contributed by atoms with Crippen LogP contribution in [0.3, 0.4) is 0 Å². The first kappa shape index (κ1) is 15.9. The average molecular weight is 328 g/mol. The smallest absolute Gasteiger partial charge is 0.271 e. The maximum atomic E-state index is 13.2. The molecule has 1 heterocycles. The highest BCUT2D eigenvalue weighted by Crippen LogP contribution is 2.25. The molecule has 0 aliphatic rings. The van der Waals surface area contributed by atoms with Gasteiger partial charge in [0.15, 0.2) is 0 Å². The molecule has 2 aromatic rings. The predicted molar refractivity (Wildman–Crippen MR) is 83.9 cm³/mol. The molecule has 4 nitrogen and oxygen atoms in total. The number of hydrogen-bond donors (Lipinski definition) is 2. The molecule has 0 bridgehead atoms. The summed E-state index contributed by atoms with van der Waals surface area (Å²) in [6.45, 7) is 2.39. The number of rotatable bonds is 6. The first-order chi connectivity index (χ1) is 9.92. The van der Waals surface area contributed by atoms with Gasteiger partial charge in [-0.1, -0.05) is 0 Å². The maximum Gasteiger partial charge on any atom is 0.271 e. The second-order valence-corrected chi connectivity index (χ2v) is 7.72. The molecule has 2 N–H and O–H groups in total. The molecule has 21 heavy (non-hydrogen) atoms. The molecular formula is C14H17FN2O2S2. The molecule has 0 atom stereocenters. The normalized spacial score (nSPS) is 11.6. The number of nitrogens with one attached hydrogen (secondary N) is 2. The van der Waals surface area contributed by atoms with Crippen LogP contribution in [0.1, 0.15) is 10.4 Å². The van der Waals surface area contributed by atoms with E-state index in [1.807, 2.05) is 13.1 Å². The van der Waals surface area contributed by atoms with Gasteiger partial charge in [-0.25, -0.2) is 12.8 Å². The molecule has 0 aliphatic carbocycles. The SMILES string of the molecule is CNCCc1ccc(S(=O)(=O)Nc2ccc(F)c(C)c2)s1. The Balaban J connectivity index is 2.17. The van der Waals surface area contributed by atoms with E-state index in [2.05, 4.69) is 10.0 Å². The molecule has 0 radical (unpaired) electrons. The summed E-state index contributed by atoms with van der Waals surface area (Å²) in [6, 6.07) is 7.54. The van der Waals surface area contributed by atoms with Crippen LogP contribution in [0, 0.1) is 12.7 Å². The topological polar surface area (TPSA) is 58.2 Å². The highest BCUT2D eigenvalue weighted by molar-refractivity contribution is 7.94. The summed E-state index contributed by atoms with van der Waals surface area (Å²) in [4.78, 5) is 1.00. The summed E-state index contributed by atoms with van der Waals surface area (Å²) in [5.41, 5.74) is 0.759. The van der Waals surface area contributed by atoms with Crippen LogP contribution in [0.4, 0.5) is 10.1 Å². The Morgan fingerprint density at radius 2 is 2.00 bits per heavy atom. The van der Waals surface area contributed by atoms with E-state index in [0.29, 0.717) is 11.3 Å². The van der Waals surface area contributed by atoms with E-state index < -0.39 is 10.0 Å². The third kappa shape index (κ3) is 4.03. The van der Waals surface area contributed by atoms with Gasteiger partial charge in [0.05, 0.1) is 0 Å².